The lowest BCUT2D eigenvalue weighted by Gasteiger charge is -2.33. The highest BCUT2D eigenvalue weighted by molar-refractivity contribution is 5.92. The minimum Gasteiger partial charge on any atom is -0.356 e. The topological polar surface area (TPSA) is 75.9 Å². The molecule has 0 radical (unpaired) electrons. The molecule has 0 spiro atoms. The van der Waals surface area contributed by atoms with Crippen LogP contribution in [-0.4, -0.2) is 44.8 Å². The number of anilines is 1. The first kappa shape index (κ1) is 17.0. The second kappa shape index (κ2) is 7.05. The van der Waals surface area contributed by atoms with Crippen LogP contribution in [-0.2, 0) is 7.05 Å². The van der Waals surface area contributed by atoms with Crippen LogP contribution in [0.25, 0.3) is 0 Å². The summed E-state index contributed by atoms with van der Waals surface area (Å²) in [6.45, 7) is 3.70. The van der Waals surface area contributed by atoms with Crippen molar-refractivity contribution >= 4 is 11.7 Å². The molecule has 2 aliphatic rings. The van der Waals surface area contributed by atoms with E-state index in [1.54, 1.807) is 18.1 Å². The van der Waals surface area contributed by atoms with Crippen molar-refractivity contribution in [2.24, 2.45) is 7.05 Å². The van der Waals surface area contributed by atoms with Crippen molar-refractivity contribution in [3.05, 3.63) is 35.5 Å². The second-order valence-electron chi connectivity index (χ2n) is 7.46. The number of aryl methyl sites for hydroxylation is 2. The smallest absolute Gasteiger partial charge is 0.269 e. The maximum absolute atomic E-state index is 12.5. The van der Waals surface area contributed by atoms with Crippen LogP contribution in [0.5, 0.6) is 0 Å². The Kier molecular flexibility index (Phi) is 4.61. The van der Waals surface area contributed by atoms with E-state index in [2.05, 4.69) is 31.3 Å². The zero-order chi connectivity index (χ0) is 18.1. The quantitative estimate of drug-likeness (QED) is 0.911. The third kappa shape index (κ3) is 3.43. The van der Waals surface area contributed by atoms with Crippen molar-refractivity contribution in [2.45, 2.75) is 51.0 Å². The number of carbonyl (C=O) groups is 1. The number of rotatable bonds is 4. The Balaban J connectivity index is 1.34. The van der Waals surface area contributed by atoms with Gasteiger partial charge in [0.15, 0.2) is 0 Å². The summed E-state index contributed by atoms with van der Waals surface area (Å²) in [6, 6.07) is 4.18. The summed E-state index contributed by atoms with van der Waals surface area (Å²) in [7, 11) is 1.80. The fourth-order valence-corrected chi connectivity index (χ4v) is 3.80. The molecule has 138 valence electrons. The van der Waals surface area contributed by atoms with Crippen LogP contribution in [0.15, 0.2) is 18.5 Å². The minimum absolute atomic E-state index is 0.0409. The summed E-state index contributed by atoms with van der Waals surface area (Å²) in [4.78, 5) is 23.7. The molecule has 1 aliphatic carbocycles. The van der Waals surface area contributed by atoms with Crippen LogP contribution < -0.4 is 10.2 Å². The van der Waals surface area contributed by atoms with Crippen molar-refractivity contribution in [1.82, 2.24) is 25.1 Å². The second-order valence-corrected chi connectivity index (χ2v) is 7.46. The van der Waals surface area contributed by atoms with Gasteiger partial charge in [-0.25, -0.2) is 9.97 Å². The molecule has 3 heterocycles. The molecule has 1 saturated heterocycles. The maximum Gasteiger partial charge on any atom is 0.269 e. The molecule has 4 rings (SSSR count). The fourth-order valence-electron chi connectivity index (χ4n) is 3.80. The highest BCUT2D eigenvalue weighted by Gasteiger charge is 2.25. The number of amides is 1. The van der Waals surface area contributed by atoms with E-state index in [-0.39, 0.29) is 11.9 Å². The summed E-state index contributed by atoms with van der Waals surface area (Å²) in [5.41, 5.74) is 2.66. The Labute approximate surface area is 153 Å². The lowest BCUT2D eigenvalue weighted by molar-refractivity contribution is 0.0921. The zero-order valence-corrected chi connectivity index (χ0v) is 15.5. The van der Waals surface area contributed by atoms with Crippen molar-refractivity contribution < 1.29 is 4.79 Å². The van der Waals surface area contributed by atoms with Gasteiger partial charge in [0.05, 0.1) is 5.69 Å². The average Bonchev–Trinajstić information content (AvgIpc) is 2.93. The lowest BCUT2D eigenvalue weighted by atomic mass is 9.83. The molecule has 1 amide bonds. The Morgan fingerprint density at radius 3 is 2.54 bits per heavy atom. The number of carbonyl (C=O) groups excluding carboxylic acids is 1. The summed E-state index contributed by atoms with van der Waals surface area (Å²) in [5.74, 6) is 1.60. The lowest BCUT2D eigenvalue weighted by Crippen LogP contribution is -2.45. The normalized spacial score (nSPS) is 18.6. The molecule has 7 nitrogen and oxygen atoms in total. The van der Waals surface area contributed by atoms with E-state index in [0.717, 1.165) is 37.4 Å². The summed E-state index contributed by atoms with van der Waals surface area (Å²) in [6.07, 6.45) is 7.35. The maximum atomic E-state index is 12.5. The Bertz CT molecular complexity index is 789. The number of hydrogen-bond acceptors (Lipinski definition) is 5. The Morgan fingerprint density at radius 1 is 1.15 bits per heavy atom. The highest BCUT2D eigenvalue weighted by Crippen LogP contribution is 2.36. The molecule has 1 aliphatic heterocycles. The van der Waals surface area contributed by atoms with Crippen LogP contribution >= 0.6 is 0 Å². The van der Waals surface area contributed by atoms with Crippen molar-refractivity contribution in [3.8, 4) is 0 Å². The van der Waals surface area contributed by atoms with E-state index in [9.17, 15) is 4.79 Å². The van der Waals surface area contributed by atoms with Crippen molar-refractivity contribution in [2.75, 3.05) is 18.0 Å². The fraction of sp³-hybridized carbons (Fsp3) is 0.579. The first-order chi connectivity index (χ1) is 12.6. The van der Waals surface area contributed by atoms with Crippen LogP contribution in [0.4, 0.5) is 5.82 Å². The van der Waals surface area contributed by atoms with Gasteiger partial charge >= 0.3 is 0 Å². The van der Waals surface area contributed by atoms with Gasteiger partial charge in [-0.3, -0.25) is 9.48 Å². The number of nitrogens with one attached hydrogen (secondary N) is 1. The molecule has 2 aromatic heterocycles. The van der Waals surface area contributed by atoms with Gasteiger partial charge in [0.2, 0.25) is 0 Å². The summed E-state index contributed by atoms with van der Waals surface area (Å²) in [5, 5.41) is 7.39. The molecule has 7 heteroatoms. The van der Waals surface area contributed by atoms with Crippen LogP contribution in [0.3, 0.4) is 0 Å². The number of piperidine rings is 1. The summed E-state index contributed by atoms with van der Waals surface area (Å²) < 4.78 is 1.64. The number of hydrogen-bond donors (Lipinski definition) is 1. The number of nitrogens with zero attached hydrogens (tertiary/aromatic N) is 5. The molecule has 1 saturated carbocycles. The van der Waals surface area contributed by atoms with Gasteiger partial charge in [-0.15, -0.1) is 0 Å². The predicted molar refractivity (Wildman–Crippen MR) is 99.3 cm³/mol. The van der Waals surface area contributed by atoms with Gasteiger partial charge in [-0.1, -0.05) is 6.42 Å². The standard InChI is InChI=1S/C19H26N6O/c1-13-10-17(24(2)23-13)19(26)22-15-6-8-25(9-7-15)18-11-16(20-12-21-18)14-4-3-5-14/h10-12,14-15H,3-9H2,1-2H3,(H,22,26). The molecule has 2 aromatic rings. The van der Waals surface area contributed by atoms with Crippen LogP contribution in [0.2, 0.25) is 0 Å². The van der Waals surface area contributed by atoms with Gasteiger partial charge in [0, 0.05) is 43.9 Å². The first-order valence-corrected chi connectivity index (χ1v) is 9.48. The summed E-state index contributed by atoms with van der Waals surface area (Å²) >= 11 is 0. The van der Waals surface area contributed by atoms with Gasteiger partial charge < -0.3 is 10.2 Å². The molecule has 0 atom stereocenters. The predicted octanol–water partition coefficient (Wildman–Crippen LogP) is 2.18. The molecule has 2 fully saturated rings. The van der Waals surface area contributed by atoms with E-state index in [4.69, 9.17) is 0 Å². The molecule has 1 N–H and O–H groups in total. The zero-order valence-electron chi connectivity index (χ0n) is 15.5. The Morgan fingerprint density at radius 2 is 1.92 bits per heavy atom. The number of aromatic nitrogens is 4. The minimum atomic E-state index is -0.0409. The Hall–Kier alpha value is -2.44. The molecule has 0 aromatic carbocycles. The van der Waals surface area contributed by atoms with E-state index in [0.29, 0.717) is 11.6 Å². The van der Waals surface area contributed by atoms with E-state index in [1.807, 2.05) is 13.0 Å². The largest absolute Gasteiger partial charge is 0.356 e. The van der Waals surface area contributed by atoms with Gasteiger partial charge in [0.1, 0.15) is 17.8 Å². The SMILES string of the molecule is Cc1cc(C(=O)NC2CCN(c3cc(C4CCC4)ncn3)CC2)n(C)n1. The highest BCUT2D eigenvalue weighted by atomic mass is 16.2. The molecular weight excluding hydrogens is 328 g/mol. The molecule has 26 heavy (non-hydrogen) atoms. The molecular formula is C19H26N6O. The van der Waals surface area contributed by atoms with E-state index < -0.39 is 0 Å². The third-order valence-corrected chi connectivity index (χ3v) is 5.59. The van der Waals surface area contributed by atoms with E-state index >= 15 is 0 Å². The van der Waals surface area contributed by atoms with Crippen molar-refractivity contribution in [3.63, 3.8) is 0 Å². The average molecular weight is 354 g/mol. The van der Waals surface area contributed by atoms with Crippen LogP contribution in [0, 0.1) is 6.92 Å². The third-order valence-electron chi connectivity index (χ3n) is 5.59. The first-order valence-electron chi connectivity index (χ1n) is 9.48. The van der Waals surface area contributed by atoms with Gasteiger partial charge in [-0.05, 0) is 38.7 Å². The molecule has 0 unspecified atom stereocenters. The molecule has 0 bridgehead atoms. The monoisotopic (exact) mass is 354 g/mol. The van der Waals surface area contributed by atoms with Crippen molar-refractivity contribution in [1.29, 1.82) is 0 Å². The van der Waals surface area contributed by atoms with Gasteiger partial charge in [0.25, 0.3) is 5.91 Å². The van der Waals surface area contributed by atoms with E-state index in [1.165, 1.54) is 25.0 Å². The van der Waals surface area contributed by atoms with Gasteiger partial charge in [-0.2, -0.15) is 5.10 Å². The van der Waals surface area contributed by atoms with Crippen LogP contribution in [0.1, 0.15) is 59.9 Å².